The van der Waals surface area contributed by atoms with Crippen molar-refractivity contribution in [3.05, 3.63) is 29.8 Å². The molecule has 0 atom stereocenters. The van der Waals surface area contributed by atoms with Gasteiger partial charge in [-0.25, -0.2) is 0 Å². The van der Waals surface area contributed by atoms with Crippen LogP contribution in [-0.4, -0.2) is 24.4 Å². The molecular formula is C12H18N4S. The largest absolute Gasteiger partial charge is 0.375 e. The molecule has 4 nitrogen and oxygen atoms in total. The van der Waals surface area contributed by atoms with Gasteiger partial charge >= 0.3 is 0 Å². The van der Waals surface area contributed by atoms with Crippen LogP contribution in [0.2, 0.25) is 0 Å². The third-order valence-corrected chi connectivity index (χ3v) is 2.50. The Morgan fingerprint density at radius 3 is 2.41 bits per heavy atom. The summed E-state index contributed by atoms with van der Waals surface area (Å²) in [6.45, 7) is 6.30. The maximum atomic E-state index is 5.26. The SMILES string of the molecule is CCN(CC)c1ccc(/C=N/NC(N)=S)cc1. The molecular weight excluding hydrogens is 232 g/mol. The van der Waals surface area contributed by atoms with E-state index in [2.05, 4.69) is 53.6 Å². The first-order valence-corrected chi connectivity index (χ1v) is 6.01. The van der Waals surface area contributed by atoms with Crippen LogP contribution < -0.4 is 16.1 Å². The molecule has 0 amide bonds. The molecule has 0 spiro atoms. The van der Waals surface area contributed by atoms with Gasteiger partial charge in [0.25, 0.3) is 0 Å². The Labute approximate surface area is 107 Å². The van der Waals surface area contributed by atoms with Crippen LogP contribution in [0.15, 0.2) is 29.4 Å². The number of benzene rings is 1. The molecule has 1 aromatic carbocycles. The Morgan fingerprint density at radius 1 is 1.35 bits per heavy atom. The van der Waals surface area contributed by atoms with Crippen LogP contribution in [0.3, 0.4) is 0 Å². The Bertz CT molecular complexity index is 382. The predicted molar refractivity (Wildman–Crippen MR) is 77.5 cm³/mol. The van der Waals surface area contributed by atoms with Gasteiger partial charge in [-0.3, -0.25) is 5.43 Å². The van der Waals surface area contributed by atoms with Crippen molar-refractivity contribution in [1.29, 1.82) is 0 Å². The standard InChI is InChI=1S/C12H18N4S/c1-3-16(4-2)11-7-5-10(6-8-11)9-14-15-12(13)17/h5-9H,3-4H2,1-2H3,(H3,13,15,17)/b14-9+. The molecule has 0 heterocycles. The van der Waals surface area contributed by atoms with Crippen LogP contribution in [0.5, 0.6) is 0 Å². The molecule has 0 bridgehead atoms. The first-order chi connectivity index (χ1) is 8.17. The number of anilines is 1. The summed E-state index contributed by atoms with van der Waals surface area (Å²) < 4.78 is 0. The molecule has 1 aromatic rings. The smallest absolute Gasteiger partial charge is 0.184 e. The summed E-state index contributed by atoms with van der Waals surface area (Å²) in [5.41, 5.74) is 10.00. The van der Waals surface area contributed by atoms with Crippen LogP contribution >= 0.6 is 12.2 Å². The van der Waals surface area contributed by atoms with E-state index < -0.39 is 0 Å². The van der Waals surface area contributed by atoms with Crippen molar-refractivity contribution in [2.24, 2.45) is 10.8 Å². The Morgan fingerprint density at radius 2 is 1.94 bits per heavy atom. The van der Waals surface area contributed by atoms with Crippen LogP contribution in [-0.2, 0) is 0 Å². The molecule has 0 unspecified atom stereocenters. The van der Waals surface area contributed by atoms with Crippen LogP contribution in [0, 0.1) is 0 Å². The van der Waals surface area contributed by atoms with E-state index in [1.54, 1.807) is 6.21 Å². The molecule has 0 saturated carbocycles. The molecule has 0 saturated heterocycles. The minimum absolute atomic E-state index is 0.168. The van der Waals surface area contributed by atoms with Gasteiger partial charge in [0, 0.05) is 18.8 Å². The molecule has 17 heavy (non-hydrogen) atoms. The number of thiocarbonyl (C=S) groups is 1. The second-order valence-corrected chi connectivity index (χ2v) is 3.94. The van der Waals surface area contributed by atoms with E-state index in [1.165, 1.54) is 5.69 Å². The number of rotatable bonds is 5. The summed E-state index contributed by atoms with van der Waals surface area (Å²) in [5, 5.41) is 4.07. The van der Waals surface area contributed by atoms with Crippen LogP contribution in [0.4, 0.5) is 5.69 Å². The van der Waals surface area contributed by atoms with Gasteiger partial charge < -0.3 is 10.6 Å². The minimum Gasteiger partial charge on any atom is -0.375 e. The number of nitrogens with two attached hydrogens (primary N) is 1. The van der Waals surface area contributed by atoms with Crippen molar-refractivity contribution in [3.63, 3.8) is 0 Å². The molecule has 3 N–H and O–H groups in total. The minimum atomic E-state index is 0.168. The van der Waals surface area contributed by atoms with E-state index >= 15 is 0 Å². The lowest BCUT2D eigenvalue weighted by molar-refractivity contribution is 0.866. The Hall–Kier alpha value is -1.62. The topological polar surface area (TPSA) is 53.6 Å². The van der Waals surface area contributed by atoms with Gasteiger partial charge in [-0.1, -0.05) is 12.1 Å². The van der Waals surface area contributed by atoms with E-state index in [0.29, 0.717) is 0 Å². The van der Waals surface area contributed by atoms with E-state index in [4.69, 9.17) is 5.73 Å². The van der Waals surface area contributed by atoms with E-state index in [9.17, 15) is 0 Å². The fourth-order valence-corrected chi connectivity index (χ4v) is 1.58. The zero-order valence-corrected chi connectivity index (χ0v) is 11.0. The average molecular weight is 250 g/mol. The molecule has 0 aliphatic rings. The van der Waals surface area contributed by atoms with Gasteiger partial charge in [0.1, 0.15) is 0 Å². The van der Waals surface area contributed by atoms with E-state index in [1.807, 2.05) is 12.1 Å². The lowest BCUT2D eigenvalue weighted by Gasteiger charge is -2.20. The Balaban J connectivity index is 2.67. The Kier molecular flexibility index (Phi) is 5.42. The van der Waals surface area contributed by atoms with Gasteiger partial charge in [0.15, 0.2) is 5.11 Å². The fourth-order valence-electron chi connectivity index (χ4n) is 1.53. The molecule has 0 aliphatic carbocycles. The predicted octanol–water partition coefficient (Wildman–Crippen LogP) is 1.70. The molecule has 92 valence electrons. The second kappa shape index (κ2) is 6.85. The highest BCUT2D eigenvalue weighted by Gasteiger charge is 2.00. The van der Waals surface area contributed by atoms with Gasteiger partial charge in [-0.15, -0.1) is 0 Å². The van der Waals surface area contributed by atoms with Gasteiger partial charge in [-0.05, 0) is 43.8 Å². The summed E-state index contributed by atoms with van der Waals surface area (Å²) in [7, 11) is 0. The lowest BCUT2D eigenvalue weighted by Crippen LogP contribution is -2.24. The highest BCUT2D eigenvalue weighted by atomic mass is 32.1. The maximum Gasteiger partial charge on any atom is 0.184 e. The van der Waals surface area contributed by atoms with Crippen molar-refractivity contribution < 1.29 is 0 Å². The first-order valence-electron chi connectivity index (χ1n) is 5.60. The number of hydrazone groups is 1. The van der Waals surface area contributed by atoms with Gasteiger partial charge in [0.2, 0.25) is 0 Å². The highest BCUT2D eigenvalue weighted by Crippen LogP contribution is 2.13. The molecule has 5 heteroatoms. The number of hydrogen-bond donors (Lipinski definition) is 2. The summed E-state index contributed by atoms with van der Waals surface area (Å²) in [6.07, 6.45) is 1.69. The van der Waals surface area contributed by atoms with Crippen molar-refractivity contribution >= 4 is 29.2 Å². The van der Waals surface area contributed by atoms with Gasteiger partial charge in [0.05, 0.1) is 6.21 Å². The zero-order chi connectivity index (χ0) is 12.7. The number of nitrogens with one attached hydrogen (secondary N) is 1. The summed E-state index contributed by atoms with van der Waals surface area (Å²) in [4.78, 5) is 2.29. The highest BCUT2D eigenvalue weighted by molar-refractivity contribution is 7.80. The lowest BCUT2D eigenvalue weighted by atomic mass is 10.2. The van der Waals surface area contributed by atoms with E-state index in [-0.39, 0.29) is 5.11 Å². The third kappa shape index (κ3) is 4.40. The van der Waals surface area contributed by atoms with E-state index in [0.717, 1.165) is 18.7 Å². The second-order valence-electron chi connectivity index (χ2n) is 3.50. The summed E-state index contributed by atoms with van der Waals surface area (Å²) in [5.74, 6) is 0. The fraction of sp³-hybridized carbons (Fsp3) is 0.333. The van der Waals surface area contributed by atoms with Crippen molar-refractivity contribution in [2.75, 3.05) is 18.0 Å². The summed E-state index contributed by atoms with van der Waals surface area (Å²) >= 11 is 4.64. The van der Waals surface area contributed by atoms with Crippen LogP contribution in [0.25, 0.3) is 0 Å². The average Bonchev–Trinajstić information content (AvgIpc) is 2.32. The van der Waals surface area contributed by atoms with Crippen molar-refractivity contribution in [3.8, 4) is 0 Å². The van der Waals surface area contributed by atoms with Crippen molar-refractivity contribution in [1.82, 2.24) is 5.43 Å². The number of hydrogen-bond acceptors (Lipinski definition) is 3. The quantitative estimate of drug-likeness (QED) is 0.474. The maximum absolute atomic E-state index is 5.26. The monoisotopic (exact) mass is 250 g/mol. The number of nitrogens with zero attached hydrogens (tertiary/aromatic N) is 2. The normalized spacial score (nSPS) is 10.5. The molecule has 0 aliphatic heterocycles. The molecule has 1 rings (SSSR count). The molecule has 0 radical (unpaired) electrons. The van der Waals surface area contributed by atoms with Crippen LogP contribution in [0.1, 0.15) is 19.4 Å². The molecule has 0 aromatic heterocycles. The first kappa shape index (κ1) is 13.4. The third-order valence-electron chi connectivity index (χ3n) is 2.41. The zero-order valence-electron chi connectivity index (χ0n) is 10.2. The van der Waals surface area contributed by atoms with Gasteiger partial charge in [-0.2, -0.15) is 5.10 Å². The summed E-state index contributed by atoms with van der Waals surface area (Å²) in [6, 6.07) is 8.18. The molecule has 0 fully saturated rings. The van der Waals surface area contributed by atoms with Crippen molar-refractivity contribution in [2.45, 2.75) is 13.8 Å².